The van der Waals surface area contributed by atoms with Crippen molar-refractivity contribution in [2.45, 2.75) is 5.41 Å². The monoisotopic (exact) mass is 613 g/mol. The number of rotatable bonds is 3. The van der Waals surface area contributed by atoms with Crippen LogP contribution < -0.4 is 4.74 Å². The standard InChI is InChI=1S/C44H27N3O/c1-2-12-28(13-3-1)42-33-16-6-10-20-39(33)46-43(47-42)30-23-25-38(45-27-30)29-22-24-37-41(26-29)48-40-21-11-9-19-36(40)44(37)34-17-7-4-14-31(34)32-15-5-8-18-35(32)44/h1-27H. The highest BCUT2D eigenvalue weighted by molar-refractivity contribution is 5.94. The molecule has 0 atom stereocenters. The fraction of sp³-hybridized carbons (Fsp3) is 0.0227. The number of para-hydroxylation sites is 2. The fourth-order valence-electron chi connectivity index (χ4n) is 7.74. The van der Waals surface area contributed by atoms with E-state index in [9.17, 15) is 0 Å². The van der Waals surface area contributed by atoms with Crippen molar-refractivity contribution in [3.63, 3.8) is 0 Å². The Kier molecular flexibility index (Phi) is 5.75. The molecule has 0 amide bonds. The van der Waals surface area contributed by atoms with Crippen LogP contribution in [0.2, 0.25) is 0 Å². The van der Waals surface area contributed by atoms with E-state index >= 15 is 0 Å². The Hall–Kier alpha value is -6.39. The van der Waals surface area contributed by atoms with Crippen molar-refractivity contribution >= 4 is 10.9 Å². The van der Waals surface area contributed by atoms with E-state index in [1.165, 1.54) is 22.3 Å². The van der Waals surface area contributed by atoms with Crippen LogP contribution in [0.1, 0.15) is 22.3 Å². The van der Waals surface area contributed by atoms with E-state index in [0.717, 1.165) is 61.6 Å². The maximum atomic E-state index is 6.70. The molecule has 0 saturated carbocycles. The van der Waals surface area contributed by atoms with Gasteiger partial charge >= 0.3 is 0 Å². The zero-order valence-corrected chi connectivity index (χ0v) is 25.8. The summed E-state index contributed by atoms with van der Waals surface area (Å²) in [5.41, 5.74) is 12.5. The Bertz CT molecular complexity index is 2490. The van der Waals surface area contributed by atoms with Gasteiger partial charge < -0.3 is 4.74 Å². The maximum Gasteiger partial charge on any atom is 0.161 e. The van der Waals surface area contributed by atoms with Crippen molar-refractivity contribution < 1.29 is 4.74 Å². The van der Waals surface area contributed by atoms with Gasteiger partial charge in [-0.3, -0.25) is 4.98 Å². The van der Waals surface area contributed by atoms with Crippen LogP contribution in [-0.4, -0.2) is 15.0 Å². The molecule has 8 aromatic rings. The zero-order valence-electron chi connectivity index (χ0n) is 25.8. The topological polar surface area (TPSA) is 47.9 Å². The molecule has 10 rings (SSSR count). The molecule has 1 spiro atoms. The van der Waals surface area contributed by atoms with Gasteiger partial charge in [-0.15, -0.1) is 0 Å². The Morgan fingerprint density at radius 3 is 1.88 bits per heavy atom. The Morgan fingerprint density at radius 1 is 0.458 bits per heavy atom. The molecule has 1 aliphatic carbocycles. The molecule has 48 heavy (non-hydrogen) atoms. The van der Waals surface area contributed by atoms with Crippen molar-refractivity contribution in [1.29, 1.82) is 0 Å². The first-order valence-electron chi connectivity index (χ1n) is 16.2. The smallest absolute Gasteiger partial charge is 0.161 e. The van der Waals surface area contributed by atoms with Crippen LogP contribution in [0.25, 0.3) is 55.9 Å². The quantitative estimate of drug-likeness (QED) is 0.199. The van der Waals surface area contributed by atoms with Gasteiger partial charge in [0.1, 0.15) is 11.5 Å². The van der Waals surface area contributed by atoms with E-state index in [2.05, 4.69) is 109 Å². The van der Waals surface area contributed by atoms with E-state index in [-0.39, 0.29) is 0 Å². The van der Waals surface area contributed by atoms with Crippen molar-refractivity contribution in [3.8, 4) is 56.5 Å². The minimum atomic E-state index is -0.475. The zero-order chi connectivity index (χ0) is 31.7. The lowest BCUT2D eigenvalue weighted by molar-refractivity contribution is 0.436. The SMILES string of the molecule is c1ccc(-c2nc(-c3ccc(-c4ccc5c(c4)Oc4ccccc4C54c5ccccc5-c5ccccc54)nc3)nc3ccccc23)cc1. The van der Waals surface area contributed by atoms with Gasteiger partial charge in [0, 0.05) is 39.4 Å². The summed E-state index contributed by atoms with van der Waals surface area (Å²) in [7, 11) is 0. The average molecular weight is 614 g/mol. The third-order valence-corrected chi connectivity index (χ3v) is 9.82. The van der Waals surface area contributed by atoms with E-state index in [0.29, 0.717) is 5.82 Å². The summed E-state index contributed by atoms with van der Waals surface area (Å²) in [6.45, 7) is 0. The predicted octanol–water partition coefficient (Wildman–Crippen LogP) is 10.5. The molecule has 0 fully saturated rings. The van der Waals surface area contributed by atoms with Gasteiger partial charge in [-0.2, -0.15) is 0 Å². The van der Waals surface area contributed by atoms with Crippen molar-refractivity contribution in [1.82, 2.24) is 15.0 Å². The number of hydrogen-bond donors (Lipinski definition) is 0. The average Bonchev–Trinajstić information content (AvgIpc) is 3.45. The molecule has 0 saturated heterocycles. The fourth-order valence-corrected chi connectivity index (χ4v) is 7.74. The van der Waals surface area contributed by atoms with Crippen LogP contribution in [0.3, 0.4) is 0 Å². The molecule has 3 heterocycles. The molecular weight excluding hydrogens is 587 g/mol. The van der Waals surface area contributed by atoms with E-state index in [1.54, 1.807) is 0 Å². The first kappa shape index (κ1) is 26.8. The lowest BCUT2D eigenvalue weighted by atomic mass is 9.66. The third-order valence-electron chi connectivity index (χ3n) is 9.82. The van der Waals surface area contributed by atoms with E-state index in [4.69, 9.17) is 19.7 Å². The second kappa shape index (κ2) is 10.3. The van der Waals surface area contributed by atoms with Gasteiger partial charge in [-0.25, -0.2) is 9.97 Å². The molecule has 0 unspecified atom stereocenters. The summed E-state index contributed by atoms with van der Waals surface area (Å²) in [5.74, 6) is 2.37. The number of aromatic nitrogens is 3. The predicted molar refractivity (Wildman–Crippen MR) is 191 cm³/mol. The first-order valence-corrected chi connectivity index (χ1v) is 16.2. The highest BCUT2D eigenvalue weighted by atomic mass is 16.5. The van der Waals surface area contributed by atoms with Crippen molar-refractivity contribution in [2.24, 2.45) is 0 Å². The Balaban J connectivity index is 1.09. The Morgan fingerprint density at radius 2 is 1.10 bits per heavy atom. The minimum absolute atomic E-state index is 0.475. The summed E-state index contributed by atoms with van der Waals surface area (Å²) in [6.07, 6.45) is 1.87. The van der Waals surface area contributed by atoms with Gasteiger partial charge in [0.05, 0.1) is 22.3 Å². The van der Waals surface area contributed by atoms with E-state index in [1.807, 2.05) is 54.7 Å². The normalized spacial score (nSPS) is 13.3. The molecule has 4 nitrogen and oxygen atoms in total. The molecule has 4 heteroatoms. The van der Waals surface area contributed by atoms with Gasteiger partial charge in [0.15, 0.2) is 5.82 Å². The highest BCUT2D eigenvalue weighted by Crippen LogP contribution is 2.62. The third kappa shape index (κ3) is 3.80. The summed E-state index contributed by atoms with van der Waals surface area (Å²) in [5, 5.41) is 1.03. The lowest BCUT2D eigenvalue weighted by Crippen LogP contribution is -2.32. The van der Waals surface area contributed by atoms with Crippen LogP contribution in [0.4, 0.5) is 0 Å². The van der Waals surface area contributed by atoms with E-state index < -0.39 is 5.41 Å². The minimum Gasteiger partial charge on any atom is -0.457 e. The summed E-state index contributed by atoms with van der Waals surface area (Å²) in [4.78, 5) is 14.9. The second-order valence-corrected chi connectivity index (χ2v) is 12.4. The summed E-state index contributed by atoms with van der Waals surface area (Å²) in [6, 6.07) is 55.1. The van der Waals surface area contributed by atoms with Gasteiger partial charge in [0.25, 0.3) is 0 Å². The van der Waals surface area contributed by atoms with Gasteiger partial charge in [-0.1, -0.05) is 127 Å². The molecule has 6 aromatic carbocycles. The largest absolute Gasteiger partial charge is 0.457 e. The molecule has 2 aromatic heterocycles. The molecular formula is C44H27N3O. The molecule has 224 valence electrons. The van der Waals surface area contributed by atoms with Crippen LogP contribution in [0.15, 0.2) is 164 Å². The number of benzene rings is 6. The molecule has 2 aliphatic rings. The van der Waals surface area contributed by atoms with Crippen LogP contribution >= 0.6 is 0 Å². The first-order chi connectivity index (χ1) is 23.8. The van der Waals surface area contributed by atoms with Crippen LogP contribution in [-0.2, 0) is 5.41 Å². The number of nitrogens with zero attached hydrogens (tertiary/aromatic N) is 3. The number of hydrogen-bond acceptors (Lipinski definition) is 4. The number of fused-ring (bicyclic) bond motifs is 10. The van der Waals surface area contributed by atoms with Crippen molar-refractivity contribution in [3.05, 3.63) is 186 Å². The van der Waals surface area contributed by atoms with Gasteiger partial charge in [0.2, 0.25) is 0 Å². The molecule has 0 N–H and O–H groups in total. The summed E-state index contributed by atoms with van der Waals surface area (Å²) >= 11 is 0. The number of ether oxygens (including phenoxy) is 1. The molecule has 0 bridgehead atoms. The van der Waals surface area contributed by atoms with Crippen molar-refractivity contribution in [2.75, 3.05) is 0 Å². The lowest BCUT2D eigenvalue weighted by Gasteiger charge is -2.39. The van der Waals surface area contributed by atoms with Crippen LogP contribution in [0.5, 0.6) is 11.5 Å². The maximum absolute atomic E-state index is 6.70. The van der Waals surface area contributed by atoms with Gasteiger partial charge in [-0.05, 0) is 52.6 Å². The second-order valence-electron chi connectivity index (χ2n) is 12.4. The number of pyridine rings is 1. The summed E-state index contributed by atoms with van der Waals surface area (Å²) < 4.78 is 6.70. The molecule has 0 radical (unpaired) electrons. The van der Waals surface area contributed by atoms with Crippen LogP contribution in [0, 0.1) is 0 Å². The molecule has 1 aliphatic heterocycles. The Labute approximate surface area is 278 Å². The highest BCUT2D eigenvalue weighted by Gasteiger charge is 2.50.